The van der Waals surface area contributed by atoms with Crippen LogP contribution in [0.1, 0.15) is 25.7 Å². The lowest BCUT2D eigenvalue weighted by Crippen LogP contribution is -2.28. The number of nitrogens with zero attached hydrogens (tertiary/aromatic N) is 2. The third-order valence-corrected chi connectivity index (χ3v) is 7.08. The number of methoxy groups -OCH3 is 2. The molecule has 0 spiro atoms. The number of hydrogen-bond acceptors (Lipinski definition) is 6. The van der Waals surface area contributed by atoms with Gasteiger partial charge >= 0.3 is 11.9 Å². The predicted octanol–water partition coefficient (Wildman–Crippen LogP) is 5.49. The summed E-state index contributed by atoms with van der Waals surface area (Å²) in [4.78, 5) is 53.1. The fourth-order valence-corrected chi connectivity index (χ4v) is 4.83. The molecule has 0 fully saturated rings. The van der Waals surface area contributed by atoms with Gasteiger partial charge in [-0.1, -0.05) is 60.7 Å². The summed E-state index contributed by atoms with van der Waals surface area (Å²) in [7, 11) is 5.96. The molecule has 0 radical (unpaired) electrons. The molecule has 4 aromatic carbocycles. The normalized spacial score (nSPS) is 10.8. The summed E-state index contributed by atoms with van der Waals surface area (Å²) in [6.45, 7) is 0. The van der Waals surface area contributed by atoms with Crippen LogP contribution < -0.4 is 9.80 Å². The second-order valence-corrected chi connectivity index (χ2v) is 9.42. The van der Waals surface area contributed by atoms with Crippen molar-refractivity contribution in [2.45, 2.75) is 25.7 Å². The van der Waals surface area contributed by atoms with E-state index in [2.05, 4.69) is 0 Å². The average Bonchev–Trinajstić information content (AvgIpc) is 3.00. The summed E-state index contributed by atoms with van der Waals surface area (Å²) in [5.74, 6) is -1.40. The highest BCUT2D eigenvalue weighted by molar-refractivity contribution is 6.17. The highest BCUT2D eigenvalue weighted by Crippen LogP contribution is 2.45. The Morgan fingerprint density at radius 3 is 1.30 bits per heavy atom. The van der Waals surface area contributed by atoms with E-state index in [1.807, 2.05) is 72.8 Å². The van der Waals surface area contributed by atoms with Crippen LogP contribution in [0.15, 0.2) is 72.8 Å². The number of benzene rings is 4. The molecular weight excluding hydrogens is 508 g/mol. The summed E-state index contributed by atoms with van der Waals surface area (Å²) in [6, 6.07) is 23.4. The Bertz CT molecular complexity index is 1480. The van der Waals surface area contributed by atoms with Crippen LogP contribution in [-0.4, -0.2) is 52.1 Å². The van der Waals surface area contributed by atoms with Gasteiger partial charge in [-0.25, -0.2) is 0 Å². The molecule has 8 nitrogen and oxygen atoms in total. The van der Waals surface area contributed by atoms with Gasteiger partial charge < -0.3 is 19.3 Å². The average molecular weight is 541 g/mol. The van der Waals surface area contributed by atoms with Crippen molar-refractivity contribution >= 4 is 56.7 Å². The van der Waals surface area contributed by atoms with Crippen LogP contribution in [0, 0.1) is 0 Å². The Balaban J connectivity index is 1.94. The monoisotopic (exact) mass is 540 g/mol. The van der Waals surface area contributed by atoms with E-state index >= 15 is 0 Å². The van der Waals surface area contributed by atoms with Crippen molar-refractivity contribution in [3.05, 3.63) is 72.8 Å². The first-order chi connectivity index (χ1) is 19.3. The van der Waals surface area contributed by atoms with Gasteiger partial charge in [0.05, 0.1) is 38.4 Å². The number of anilines is 2. The fourth-order valence-electron chi connectivity index (χ4n) is 4.83. The molecule has 0 aromatic heterocycles. The summed E-state index contributed by atoms with van der Waals surface area (Å²) in [5.41, 5.74) is 2.85. The SMILES string of the molecule is COC(=O)CCC(=O)N(C)c1ccc2ccccc2c1-c1c(N(C)C(=O)CCC(=O)OC)ccc2ccccc12. The van der Waals surface area contributed by atoms with E-state index in [0.29, 0.717) is 11.4 Å². The van der Waals surface area contributed by atoms with Crippen molar-refractivity contribution in [2.24, 2.45) is 0 Å². The molecule has 4 rings (SSSR count). The van der Waals surface area contributed by atoms with Crippen molar-refractivity contribution in [3.8, 4) is 11.1 Å². The van der Waals surface area contributed by atoms with Crippen LogP contribution in [0.4, 0.5) is 11.4 Å². The van der Waals surface area contributed by atoms with E-state index in [-0.39, 0.29) is 37.5 Å². The second kappa shape index (κ2) is 12.4. The van der Waals surface area contributed by atoms with E-state index in [1.165, 1.54) is 14.2 Å². The summed E-state index contributed by atoms with van der Waals surface area (Å²) >= 11 is 0. The van der Waals surface area contributed by atoms with Crippen molar-refractivity contribution in [1.82, 2.24) is 0 Å². The topological polar surface area (TPSA) is 93.2 Å². The van der Waals surface area contributed by atoms with Crippen LogP contribution in [0.3, 0.4) is 0 Å². The smallest absolute Gasteiger partial charge is 0.306 e. The molecule has 40 heavy (non-hydrogen) atoms. The zero-order chi connectivity index (χ0) is 28.8. The number of amides is 2. The zero-order valence-corrected chi connectivity index (χ0v) is 23.1. The van der Waals surface area contributed by atoms with Gasteiger partial charge in [0.15, 0.2) is 0 Å². The molecular formula is C32H32N2O6. The van der Waals surface area contributed by atoms with Crippen molar-refractivity contribution in [1.29, 1.82) is 0 Å². The molecule has 0 atom stereocenters. The molecule has 0 bridgehead atoms. The van der Waals surface area contributed by atoms with E-state index < -0.39 is 11.9 Å². The van der Waals surface area contributed by atoms with Gasteiger partial charge in [0.25, 0.3) is 0 Å². The van der Waals surface area contributed by atoms with E-state index in [1.54, 1.807) is 23.9 Å². The van der Waals surface area contributed by atoms with Gasteiger partial charge in [-0.05, 0) is 33.7 Å². The van der Waals surface area contributed by atoms with Crippen LogP contribution >= 0.6 is 0 Å². The Morgan fingerprint density at radius 1 is 0.550 bits per heavy atom. The lowest BCUT2D eigenvalue weighted by Gasteiger charge is -2.27. The maximum atomic E-state index is 13.3. The maximum Gasteiger partial charge on any atom is 0.306 e. The first kappa shape index (κ1) is 28.3. The summed E-state index contributed by atoms with van der Waals surface area (Å²) in [6.07, 6.45) is -0.0768. The van der Waals surface area contributed by atoms with Gasteiger partial charge in [-0.2, -0.15) is 0 Å². The van der Waals surface area contributed by atoms with Crippen molar-refractivity contribution in [2.75, 3.05) is 38.1 Å². The van der Waals surface area contributed by atoms with E-state index in [4.69, 9.17) is 9.47 Å². The molecule has 0 heterocycles. The van der Waals surface area contributed by atoms with Gasteiger partial charge in [0.1, 0.15) is 0 Å². The first-order valence-corrected chi connectivity index (χ1v) is 13.0. The zero-order valence-electron chi connectivity index (χ0n) is 23.1. The molecule has 8 heteroatoms. The molecule has 0 unspecified atom stereocenters. The fraction of sp³-hybridized carbons (Fsp3) is 0.250. The third kappa shape index (κ3) is 5.81. The highest BCUT2D eigenvalue weighted by Gasteiger charge is 2.25. The number of fused-ring (bicyclic) bond motifs is 2. The van der Waals surface area contributed by atoms with Crippen molar-refractivity contribution in [3.63, 3.8) is 0 Å². The van der Waals surface area contributed by atoms with Crippen LogP contribution in [0.2, 0.25) is 0 Å². The summed E-state index contributed by atoms with van der Waals surface area (Å²) < 4.78 is 9.43. The van der Waals surface area contributed by atoms with E-state index in [0.717, 1.165) is 32.7 Å². The lowest BCUT2D eigenvalue weighted by atomic mass is 9.90. The van der Waals surface area contributed by atoms with Crippen molar-refractivity contribution < 1.29 is 28.7 Å². The minimum absolute atomic E-state index is 0.0102. The third-order valence-electron chi connectivity index (χ3n) is 7.08. The number of ether oxygens (including phenoxy) is 2. The molecule has 0 saturated carbocycles. The highest BCUT2D eigenvalue weighted by atomic mass is 16.5. The Morgan fingerprint density at radius 2 is 0.925 bits per heavy atom. The van der Waals surface area contributed by atoms with Gasteiger partial charge in [0.2, 0.25) is 11.8 Å². The number of carbonyl (C=O) groups excluding carboxylic acids is 4. The van der Waals surface area contributed by atoms with Gasteiger partial charge in [-0.3, -0.25) is 19.2 Å². The molecule has 2 amide bonds. The molecule has 0 N–H and O–H groups in total. The predicted molar refractivity (Wildman–Crippen MR) is 156 cm³/mol. The first-order valence-electron chi connectivity index (χ1n) is 13.0. The van der Waals surface area contributed by atoms with Crippen LogP contribution in [0.5, 0.6) is 0 Å². The number of rotatable bonds is 9. The number of hydrogen-bond donors (Lipinski definition) is 0. The molecule has 0 aliphatic carbocycles. The number of carbonyl (C=O) groups is 4. The lowest BCUT2D eigenvalue weighted by molar-refractivity contribution is -0.142. The number of esters is 2. The second-order valence-electron chi connectivity index (χ2n) is 9.42. The van der Waals surface area contributed by atoms with Gasteiger partial charge in [0, 0.05) is 38.1 Å². The summed E-state index contributed by atoms with van der Waals surface area (Å²) in [5, 5.41) is 3.74. The Hall–Kier alpha value is -4.72. The minimum atomic E-state index is -0.455. The van der Waals surface area contributed by atoms with Crippen LogP contribution in [0.25, 0.3) is 32.7 Å². The molecule has 0 aliphatic rings. The van der Waals surface area contributed by atoms with Crippen LogP contribution in [-0.2, 0) is 28.7 Å². The molecule has 0 saturated heterocycles. The largest absolute Gasteiger partial charge is 0.469 e. The quantitative estimate of drug-likeness (QED) is 0.261. The standard InChI is InChI=1S/C32H32N2O6/c1-33(27(35)17-19-29(37)39-3)25-15-13-21-9-5-7-11-23(21)31(25)32-24-12-8-6-10-22(24)14-16-26(32)34(2)28(36)18-20-30(38)40-4/h5-16H,17-20H2,1-4H3. The van der Waals surface area contributed by atoms with E-state index in [9.17, 15) is 19.2 Å². The maximum absolute atomic E-state index is 13.3. The molecule has 4 aromatic rings. The molecule has 0 aliphatic heterocycles. The van der Waals surface area contributed by atoms with Gasteiger partial charge in [-0.15, -0.1) is 0 Å². The Labute approximate surface area is 233 Å². The minimum Gasteiger partial charge on any atom is -0.469 e. The molecule has 206 valence electrons. The Kier molecular flexibility index (Phi) is 8.79.